The predicted molar refractivity (Wildman–Crippen MR) is 70.1 cm³/mol. The molecule has 90 valence electrons. The number of rotatable bonds is 1. The van der Waals surface area contributed by atoms with Crippen LogP contribution in [0.4, 0.5) is 0 Å². The van der Waals surface area contributed by atoms with E-state index in [-0.39, 0.29) is 0 Å². The van der Waals surface area contributed by atoms with Crippen LogP contribution >= 0.6 is 0 Å². The van der Waals surface area contributed by atoms with Gasteiger partial charge in [-0.05, 0) is 18.9 Å². The Morgan fingerprint density at radius 1 is 1.06 bits per heavy atom. The van der Waals surface area contributed by atoms with Crippen LogP contribution in [0.1, 0.15) is 49.3 Å². The van der Waals surface area contributed by atoms with Gasteiger partial charge in [-0.2, -0.15) is 15.5 Å². The molecular weight excluding hydrogens is 222 g/mol. The van der Waals surface area contributed by atoms with Crippen LogP contribution < -0.4 is 0 Å². The number of aromatic nitrogens is 2. The van der Waals surface area contributed by atoms with Crippen LogP contribution in [0.25, 0.3) is 10.9 Å². The average molecular weight is 237 g/mol. The van der Waals surface area contributed by atoms with Gasteiger partial charge in [-0.1, -0.05) is 37.5 Å². The van der Waals surface area contributed by atoms with Crippen molar-refractivity contribution in [2.24, 2.45) is 0 Å². The molecule has 0 atom stereocenters. The summed E-state index contributed by atoms with van der Waals surface area (Å²) in [7, 11) is 0. The summed E-state index contributed by atoms with van der Waals surface area (Å²) >= 11 is 0. The van der Waals surface area contributed by atoms with E-state index in [9.17, 15) is 5.26 Å². The number of fused-ring (bicyclic) bond motifs is 1. The summed E-state index contributed by atoms with van der Waals surface area (Å²) in [6, 6.07) is 10.1. The third kappa shape index (κ3) is 1.84. The first-order valence-electron chi connectivity index (χ1n) is 6.55. The minimum absolute atomic E-state index is 0.422. The smallest absolute Gasteiger partial charge is 0.102 e. The fourth-order valence-electron chi connectivity index (χ4n) is 2.85. The molecule has 1 saturated carbocycles. The molecule has 1 aliphatic carbocycles. The third-order valence-electron chi connectivity index (χ3n) is 3.80. The summed E-state index contributed by atoms with van der Waals surface area (Å²) in [5.74, 6) is 0.422. The van der Waals surface area contributed by atoms with Crippen molar-refractivity contribution in [3.63, 3.8) is 0 Å². The zero-order valence-corrected chi connectivity index (χ0v) is 10.3. The molecule has 2 aromatic rings. The van der Waals surface area contributed by atoms with Crippen LogP contribution in [-0.2, 0) is 0 Å². The lowest BCUT2D eigenvalue weighted by atomic mass is 9.85. The molecule has 18 heavy (non-hydrogen) atoms. The number of hydrogen-bond donors (Lipinski definition) is 0. The lowest BCUT2D eigenvalue weighted by Gasteiger charge is -2.21. The zero-order valence-electron chi connectivity index (χ0n) is 10.3. The van der Waals surface area contributed by atoms with Crippen LogP contribution in [0, 0.1) is 11.3 Å². The maximum atomic E-state index is 9.43. The fourth-order valence-corrected chi connectivity index (χ4v) is 2.85. The molecular formula is C15H15N3. The largest absolute Gasteiger partial charge is 0.192 e. The van der Waals surface area contributed by atoms with Gasteiger partial charge in [-0.25, -0.2) is 0 Å². The molecule has 0 amide bonds. The molecule has 1 heterocycles. The van der Waals surface area contributed by atoms with Crippen molar-refractivity contribution >= 4 is 10.9 Å². The van der Waals surface area contributed by atoms with Gasteiger partial charge in [-0.3, -0.25) is 0 Å². The van der Waals surface area contributed by atoms with Crippen molar-refractivity contribution in [1.82, 2.24) is 10.2 Å². The average Bonchev–Trinajstić information content (AvgIpc) is 2.47. The number of nitrogens with zero attached hydrogens (tertiary/aromatic N) is 3. The van der Waals surface area contributed by atoms with Gasteiger partial charge >= 0.3 is 0 Å². The van der Waals surface area contributed by atoms with Crippen LogP contribution in [-0.4, -0.2) is 10.2 Å². The Bertz CT molecular complexity index is 607. The molecule has 0 unspecified atom stereocenters. The molecule has 0 aliphatic heterocycles. The van der Waals surface area contributed by atoms with Gasteiger partial charge in [0.2, 0.25) is 0 Å². The molecule has 1 aromatic heterocycles. The highest BCUT2D eigenvalue weighted by Gasteiger charge is 2.21. The van der Waals surface area contributed by atoms with E-state index >= 15 is 0 Å². The Morgan fingerprint density at radius 3 is 2.61 bits per heavy atom. The molecule has 3 heteroatoms. The summed E-state index contributed by atoms with van der Waals surface area (Å²) in [5.41, 5.74) is 2.46. The molecule has 0 saturated heterocycles. The fraction of sp³-hybridized carbons (Fsp3) is 0.400. The van der Waals surface area contributed by atoms with Gasteiger partial charge in [0, 0.05) is 11.3 Å². The Balaban J connectivity index is 2.14. The molecule has 0 radical (unpaired) electrons. The summed E-state index contributed by atoms with van der Waals surface area (Å²) in [6.45, 7) is 0. The van der Waals surface area contributed by atoms with E-state index in [1.165, 1.54) is 19.3 Å². The summed E-state index contributed by atoms with van der Waals surface area (Å²) in [4.78, 5) is 0. The van der Waals surface area contributed by atoms with Crippen molar-refractivity contribution in [2.45, 2.75) is 38.0 Å². The lowest BCUT2D eigenvalue weighted by Crippen LogP contribution is -2.10. The van der Waals surface area contributed by atoms with Crippen LogP contribution in [0.2, 0.25) is 0 Å². The van der Waals surface area contributed by atoms with Crippen molar-refractivity contribution in [3.8, 4) is 6.07 Å². The summed E-state index contributed by atoms with van der Waals surface area (Å²) < 4.78 is 0. The van der Waals surface area contributed by atoms with Gasteiger partial charge in [0.15, 0.2) is 0 Å². The summed E-state index contributed by atoms with van der Waals surface area (Å²) in [6.07, 6.45) is 6.07. The first-order valence-corrected chi connectivity index (χ1v) is 6.55. The molecule has 0 spiro atoms. The molecule has 3 nitrogen and oxygen atoms in total. The van der Waals surface area contributed by atoms with Crippen molar-refractivity contribution in [3.05, 3.63) is 35.5 Å². The Labute approximate surface area is 106 Å². The number of nitriles is 1. The second-order valence-electron chi connectivity index (χ2n) is 4.92. The maximum absolute atomic E-state index is 9.43. The van der Waals surface area contributed by atoms with Crippen molar-refractivity contribution in [1.29, 1.82) is 5.26 Å². The Morgan fingerprint density at radius 2 is 1.83 bits per heavy atom. The van der Waals surface area contributed by atoms with Gasteiger partial charge in [0.05, 0.1) is 16.8 Å². The van der Waals surface area contributed by atoms with Crippen molar-refractivity contribution < 1.29 is 0 Å². The quantitative estimate of drug-likeness (QED) is 0.762. The molecule has 3 rings (SSSR count). The highest BCUT2D eigenvalue weighted by atomic mass is 15.1. The Hall–Kier alpha value is -1.95. The van der Waals surface area contributed by atoms with E-state index in [1.54, 1.807) is 0 Å². The molecule has 1 aromatic carbocycles. The van der Waals surface area contributed by atoms with Crippen LogP contribution in [0.3, 0.4) is 0 Å². The van der Waals surface area contributed by atoms with E-state index in [1.807, 2.05) is 24.3 Å². The van der Waals surface area contributed by atoms with E-state index in [4.69, 9.17) is 0 Å². The van der Waals surface area contributed by atoms with Crippen LogP contribution in [0.5, 0.6) is 0 Å². The van der Waals surface area contributed by atoms with Gasteiger partial charge in [0.25, 0.3) is 0 Å². The molecule has 0 N–H and O–H groups in total. The zero-order chi connectivity index (χ0) is 12.4. The Kier molecular flexibility index (Phi) is 2.93. The van der Waals surface area contributed by atoms with Crippen molar-refractivity contribution in [2.75, 3.05) is 0 Å². The topological polar surface area (TPSA) is 49.6 Å². The molecule has 1 aliphatic rings. The van der Waals surface area contributed by atoms with Gasteiger partial charge in [-0.15, -0.1) is 0 Å². The standard InChI is InChI=1S/C15H15N3/c16-10-13-12-8-4-5-9-14(12)17-18-15(13)11-6-2-1-3-7-11/h4-5,8-9,11H,1-3,6-7H2. The third-order valence-corrected chi connectivity index (χ3v) is 3.80. The number of benzene rings is 1. The second-order valence-corrected chi connectivity index (χ2v) is 4.92. The maximum Gasteiger partial charge on any atom is 0.102 e. The highest BCUT2D eigenvalue weighted by molar-refractivity contribution is 5.84. The van der Waals surface area contributed by atoms with E-state index < -0.39 is 0 Å². The minimum atomic E-state index is 0.422. The first-order chi connectivity index (χ1) is 8.90. The summed E-state index contributed by atoms with van der Waals surface area (Å²) in [5, 5.41) is 19.0. The second kappa shape index (κ2) is 4.73. The first kappa shape index (κ1) is 11.2. The van der Waals surface area contributed by atoms with E-state index in [0.29, 0.717) is 5.92 Å². The monoisotopic (exact) mass is 237 g/mol. The van der Waals surface area contributed by atoms with E-state index in [0.717, 1.165) is 35.0 Å². The number of hydrogen-bond acceptors (Lipinski definition) is 3. The lowest BCUT2D eigenvalue weighted by molar-refractivity contribution is 0.434. The van der Waals surface area contributed by atoms with Crippen LogP contribution in [0.15, 0.2) is 24.3 Å². The predicted octanol–water partition coefficient (Wildman–Crippen LogP) is 3.55. The van der Waals surface area contributed by atoms with Gasteiger partial charge in [0.1, 0.15) is 6.07 Å². The molecule has 1 fully saturated rings. The minimum Gasteiger partial charge on any atom is -0.192 e. The van der Waals surface area contributed by atoms with E-state index in [2.05, 4.69) is 16.3 Å². The molecule has 0 bridgehead atoms. The normalized spacial score (nSPS) is 16.6. The van der Waals surface area contributed by atoms with Gasteiger partial charge < -0.3 is 0 Å². The SMILES string of the molecule is N#Cc1c(C2CCCCC2)nnc2ccccc12. The highest BCUT2D eigenvalue weighted by Crippen LogP contribution is 2.34.